The Morgan fingerprint density at radius 3 is 1.42 bits per heavy atom. The lowest BCUT2D eigenvalue weighted by molar-refractivity contribution is 0.325. The van der Waals surface area contributed by atoms with E-state index in [2.05, 4.69) is 47.7 Å². The van der Waals surface area contributed by atoms with Crippen molar-refractivity contribution in [1.82, 2.24) is 0 Å². The van der Waals surface area contributed by atoms with E-state index in [1.165, 1.54) is 6.42 Å². The van der Waals surface area contributed by atoms with Crippen LogP contribution >= 0.6 is 11.1 Å². The fraction of sp³-hybridized carbons (Fsp3) is 1.00. The van der Waals surface area contributed by atoms with E-state index in [9.17, 15) is 0 Å². The molecule has 0 saturated heterocycles. The van der Waals surface area contributed by atoms with E-state index in [1.807, 2.05) is 0 Å². The predicted octanol–water partition coefficient (Wildman–Crippen LogP) is 4.65. The van der Waals surface area contributed by atoms with Crippen LogP contribution in [0.3, 0.4) is 0 Å². The Balaban J connectivity index is 4.44. The number of rotatable bonds is 2. The molecule has 0 atom stereocenters. The van der Waals surface area contributed by atoms with Crippen molar-refractivity contribution in [3.8, 4) is 0 Å². The van der Waals surface area contributed by atoms with Gasteiger partial charge in [-0.1, -0.05) is 47.7 Å². The molecule has 0 rings (SSSR count). The van der Waals surface area contributed by atoms with E-state index in [4.69, 9.17) is 11.1 Å². The van der Waals surface area contributed by atoms with Gasteiger partial charge in [0.15, 0.2) is 7.38 Å². The molecule has 0 radical (unpaired) electrons. The maximum atomic E-state index is 6.47. The molecule has 0 aromatic carbocycles. The summed E-state index contributed by atoms with van der Waals surface area (Å²) in [6, 6.07) is 0. The summed E-state index contributed by atoms with van der Waals surface area (Å²) in [7, 11) is -1.52. The van der Waals surface area contributed by atoms with Crippen LogP contribution in [0.25, 0.3) is 0 Å². The van der Waals surface area contributed by atoms with Gasteiger partial charge in [-0.05, 0) is 16.9 Å². The summed E-state index contributed by atoms with van der Waals surface area (Å²) < 4.78 is 0. The third-order valence-electron chi connectivity index (χ3n) is 2.58. The van der Waals surface area contributed by atoms with Gasteiger partial charge in [0.05, 0.1) is 0 Å². The van der Waals surface area contributed by atoms with Crippen molar-refractivity contribution in [3.05, 3.63) is 0 Å². The van der Waals surface area contributed by atoms with Crippen LogP contribution < -0.4 is 0 Å². The molecule has 0 aliphatic carbocycles. The van der Waals surface area contributed by atoms with Gasteiger partial charge in [-0.2, -0.15) is 11.1 Å². The zero-order chi connectivity index (χ0) is 10.2. The lowest BCUT2D eigenvalue weighted by Crippen LogP contribution is -2.35. The van der Waals surface area contributed by atoms with Crippen molar-refractivity contribution in [2.75, 3.05) is 0 Å². The van der Waals surface area contributed by atoms with Gasteiger partial charge in [0, 0.05) is 0 Å². The van der Waals surface area contributed by atoms with E-state index >= 15 is 0 Å². The monoisotopic (exact) mass is 206 g/mol. The van der Waals surface area contributed by atoms with Crippen LogP contribution in [0.1, 0.15) is 41.0 Å². The topological polar surface area (TPSA) is 0 Å². The van der Waals surface area contributed by atoms with E-state index in [0.717, 1.165) is 0 Å². The summed E-state index contributed by atoms with van der Waals surface area (Å²) in [6.07, 6.45) is 1.21. The first kappa shape index (κ1) is 12.5. The average molecular weight is 207 g/mol. The Labute approximate surface area is 83.4 Å². The van der Waals surface area contributed by atoms with E-state index in [1.54, 1.807) is 0 Å². The Kier molecular flexibility index (Phi) is 3.48. The fourth-order valence-electron chi connectivity index (χ4n) is 1.54. The van der Waals surface area contributed by atoms with Gasteiger partial charge in [-0.3, -0.25) is 0 Å². The van der Waals surface area contributed by atoms with Gasteiger partial charge in [0.1, 0.15) is 0 Å². The molecule has 0 fully saturated rings. The van der Waals surface area contributed by atoms with E-state index in [-0.39, 0.29) is 0 Å². The number of halogens is 1. The van der Waals surface area contributed by atoms with Crippen molar-refractivity contribution in [1.29, 1.82) is 0 Å². The minimum Gasteiger partial charge on any atom is -0.167 e. The molecular weight excluding hydrogens is 184 g/mol. The highest BCUT2D eigenvalue weighted by Crippen LogP contribution is 2.47. The molecule has 0 heterocycles. The van der Waals surface area contributed by atoms with Crippen LogP contribution in [-0.4, -0.2) is 7.38 Å². The largest absolute Gasteiger partial charge is 0.167 e. The highest BCUT2D eigenvalue weighted by Gasteiger charge is 2.40. The van der Waals surface area contributed by atoms with Gasteiger partial charge in [-0.15, -0.1) is 0 Å². The van der Waals surface area contributed by atoms with Crippen LogP contribution in [0.2, 0.25) is 18.1 Å². The summed E-state index contributed by atoms with van der Waals surface area (Å²) in [5.74, 6) is 0. The van der Waals surface area contributed by atoms with Crippen molar-refractivity contribution in [2.45, 2.75) is 59.2 Å². The molecular formula is C10H23ClSi. The van der Waals surface area contributed by atoms with Gasteiger partial charge in [-0.25, -0.2) is 0 Å². The van der Waals surface area contributed by atoms with Crippen molar-refractivity contribution < 1.29 is 0 Å². The van der Waals surface area contributed by atoms with Gasteiger partial charge >= 0.3 is 0 Å². The van der Waals surface area contributed by atoms with Crippen LogP contribution in [0.5, 0.6) is 0 Å². The van der Waals surface area contributed by atoms with E-state index in [0.29, 0.717) is 10.5 Å². The smallest absolute Gasteiger partial charge is 0.156 e. The zero-order valence-corrected chi connectivity index (χ0v) is 11.3. The van der Waals surface area contributed by atoms with Crippen molar-refractivity contribution >= 4 is 18.5 Å². The Morgan fingerprint density at radius 1 is 1.00 bits per heavy atom. The Hall–Kier alpha value is 0.507. The molecule has 0 spiro atoms. The zero-order valence-electron chi connectivity index (χ0n) is 9.59. The Bertz CT molecular complexity index is 148. The van der Waals surface area contributed by atoms with Crippen molar-refractivity contribution in [3.63, 3.8) is 0 Å². The molecule has 0 aliphatic rings. The minimum atomic E-state index is -1.52. The van der Waals surface area contributed by atoms with Crippen LogP contribution in [-0.2, 0) is 0 Å². The van der Waals surface area contributed by atoms with Crippen LogP contribution in [0.15, 0.2) is 0 Å². The van der Waals surface area contributed by atoms with Gasteiger partial charge < -0.3 is 0 Å². The minimum absolute atomic E-state index is 0.326. The lowest BCUT2D eigenvalue weighted by Gasteiger charge is -2.39. The number of hydrogen-bond acceptors (Lipinski definition) is 0. The van der Waals surface area contributed by atoms with Crippen molar-refractivity contribution in [2.24, 2.45) is 5.41 Å². The summed E-state index contributed by atoms with van der Waals surface area (Å²) in [6.45, 7) is 15.9. The summed E-state index contributed by atoms with van der Waals surface area (Å²) in [4.78, 5) is 0. The van der Waals surface area contributed by atoms with Gasteiger partial charge in [0.25, 0.3) is 0 Å². The standard InChI is InChI=1S/C10H23ClSi/c1-9(2,3)8-10(4,5)12(6,7)11/h8H2,1-7H3. The predicted molar refractivity (Wildman–Crippen MR) is 61.4 cm³/mol. The third-order valence-corrected chi connectivity index (χ3v) is 7.51. The quantitative estimate of drug-likeness (QED) is 0.456. The molecule has 0 unspecified atom stereocenters. The molecule has 0 nitrogen and oxygen atoms in total. The van der Waals surface area contributed by atoms with Crippen LogP contribution in [0, 0.1) is 5.41 Å². The first-order chi connectivity index (χ1) is 4.96. The SMILES string of the molecule is CC(C)(C)CC(C)(C)[Si](C)(C)Cl. The third kappa shape index (κ3) is 3.95. The first-order valence-corrected chi connectivity index (χ1v) is 8.66. The molecule has 2 heteroatoms. The highest BCUT2D eigenvalue weighted by molar-refractivity contribution is 7.20. The highest BCUT2D eigenvalue weighted by atomic mass is 35.6. The molecule has 0 bridgehead atoms. The molecule has 12 heavy (non-hydrogen) atoms. The van der Waals surface area contributed by atoms with Gasteiger partial charge in [0.2, 0.25) is 0 Å². The summed E-state index contributed by atoms with van der Waals surface area (Å²) >= 11 is 6.47. The molecule has 0 N–H and O–H groups in total. The maximum absolute atomic E-state index is 6.47. The second-order valence-corrected chi connectivity index (χ2v) is 13.2. The molecule has 0 aliphatic heterocycles. The average Bonchev–Trinajstić information content (AvgIpc) is 1.52. The lowest BCUT2D eigenvalue weighted by atomic mass is 9.86. The molecule has 0 amide bonds. The summed E-state index contributed by atoms with van der Waals surface area (Å²) in [5, 5.41) is 0.326. The molecule has 0 saturated carbocycles. The maximum Gasteiger partial charge on any atom is 0.156 e. The molecule has 0 aromatic rings. The summed E-state index contributed by atoms with van der Waals surface area (Å²) in [5.41, 5.74) is 0.392. The fourth-order valence-corrected chi connectivity index (χ4v) is 2.69. The number of hydrogen-bond donors (Lipinski definition) is 0. The van der Waals surface area contributed by atoms with E-state index < -0.39 is 7.38 Å². The second kappa shape index (κ2) is 3.34. The normalized spacial score (nSPS) is 15.0. The molecule has 74 valence electrons. The van der Waals surface area contributed by atoms with Crippen LogP contribution in [0.4, 0.5) is 0 Å². The Morgan fingerprint density at radius 2 is 1.33 bits per heavy atom. The second-order valence-electron chi connectivity index (χ2n) is 6.09. The molecule has 0 aromatic heterocycles. The first-order valence-electron chi connectivity index (χ1n) is 4.65.